The second-order valence-corrected chi connectivity index (χ2v) is 8.25. The summed E-state index contributed by atoms with van der Waals surface area (Å²) in [6, 6.07) is 13.1. The number of aliphatic imine (C=N–C) groups is 1. The van der Waals surface area contributed by atoms with Crippen LogP contribution in [0, 0.1) is 5.92 Å². The van der Waals surface area contributed by atoms with Crippen molar-refractivity contribution in [3.8, 4) is 0 Å². The summed E-state index contributed by atoms with van der Waals surface area (Å²) in [7, 11) is 0. The summed E-state index contributed by atoms with van der Waals surface area (Å²) in [6.45, 7) is 15.5. The molecule has 1 unspecified atom stereocenters. The van der Waals surface area contributed by atoms with Crippen LogP contribution in [0.15, 0.2) is 58.1 Å². The fourth-order valence-corrected chi connectivity index (χ4v) is 3.73. The predicted molar refractivity (Wildman–Crippen MR) is 111 cm³/mol. The minimum Gasteiger partial charge on any atom is -0.287 e. The minimum atomic E-state index is -0.0803. The van der Waals surface area contributed by atoms with Gasteiger partial charge in [-0.25, -0.2) is 0 Å². The first-order valence-electron chi connectivity index (χ1n) is 9.16. The molecule has 130 valence electrons. The summed E-state index contributed by atoms with van der Waals surface area (Å²) in [5, 5.41) is 2.55. The van der Waals surface area contributed by atoms with Gasteiger partial charge in [0.2, 0.25) is 0 Å². The van der Waals surface area contributed by atoms with Crippen LogP contribution in [-0.2, 0) is 0 Å². The molecule has 3 rings (SSSR count). The Balaban J connectivity index is 2.28. The van der Waals surface area contributed by atoms with E-state index >= 15 is 0 Å². The molecule has 0 saturated carbocycles. The lowest BCUT2D eigenvalue weighted by atomic mass is 9.87. The molecular weight excluding hydrogens is 302 g/mol. The van der Waals surface area contributed by atoms with Gasteiger partial charge >= 0.3 is 0 Å². The largest absolute Gasteiger partial charge is 0.287 e. The van der Waals surface area contributed by atoms with Gasteiger partial charge in [0.15, 0.2) is 0 Å². The van der Waals surface area contributed by atoms with Gasteiger partial charge in [-0.2, -0.15) is 0 Å². The summed E-state index contributed by atoms with van der Waals surface area (Å²) < 4.78 is 0. The van der Waals surface area contributed by atoms with E-state index in [-0.39, 0.29) is 5.54 Å². The third-order valence-electron chi connectivity index (χ3n) is 5.48. The van der Waals surface area contributed by atoms with Crippen LogP contribution in [0.2, 0.25) is 0 Å². The van der Waals surface area contributed by atoms with Gasteiger partial charge in [0.05, 0.1) is 5.54 Å². The summed E-state index contributed by atoms with van der Waals surface area (Å²) in [4.78, 5) is 4.84. The topological polar surface area (TPSA) is 12.4 Å². The Bertz CT molecular complexity index is 917. The maximum atomic E-state index is 4.84. The smallest absolute Gasteiger partial charge is 0.0524 e. The second kappa shape index (κ2) is 6.29. The molecular formula is C24H29N. The highest BCUT2D eigenvalue weighted by atomic mass is 14.8. The quantitative estimate of drug-likeness (QED) is 0.536. The molecule has 1 aliphatic rings. The SMILES string of the molecule is CC1=C(C)C(C)C(c2ccc3ccccc3c2/C=N/C(C)(C)C)=C1C. The molecule has 1 aliphatic carbocycles. The van der Waals surface area contributed by atoms with E-state index in [1.54, 1.807) is 0 Å². The molecule has 2 aromatic carbocycles. The lowest BCUT2D eigenvalue weighted by Crippen LogP contribution is -2.10. The van der Waals surface area contributed by atoms with Crippen LogP contribution in [-0.4, -0.2) is 11.8 Å². The van der Waals surface area contributed by atoms with E-state index < -0.39 is 0 Å². The number of rotatable bonds is 2. The number of benzene rings is 2. The summed E-state index contributed by atoms with van der Waals surface area (Å²) in [5.41, 5.74) is 8.29. The fraction of sp³-hybridized carbons (Fsp3) is 0.375. The van der Waals surface area contributed by atoms with Crippen LogP contribution in [0.5, 0.6) is 0 Å². The Labute approximate surface area is 152 Å². The van der Waals surface area contributed by atoms with Crippen LogP contribution in [0.3, 0.4) is 0 Å². The average Bonchev–Trinajstić information content (AvgIpc) is 2.75. The van der Waals surface area contributed by atoms with Crippen LogP contribution < -0.4 is 0 Å². The first-order valence-corrected chi connectivity index (χ1v) is 9.16. The van der Waals surface area contributed by atoms with Crippen molar-refractivity contribution in [1.82, 2.24) is 0 Å². The maximum Gasteiger partial charge on any atom is 0.0524 e. The lowest BCUT2D eigenvalue weighted by Gasteiger charge is -2.18. The van der Waals surface area contributed by atoms with E-state index in [1.807, 2.05) is 0 Å². The van der Waals surface area contributed by atoms with E-state index in [0.717, 1.165) is 0 Å². The molecule has 0 N–H and O–H groups in total. The van der Waals surface area contributed by atoms with Gasteiger partial charge in [-0.1, -0.05) is 48.9 Å². The van der Waals surface area contributed by atoms with Crippen molar-refractivity contribution in [1.29, 1.82) is 0 Å². The van der Waals surface area contributed by atoms with Crippen LogP contribution in [0.25, 0.3) is 16.3 Å². The Morgan fingerprint density at radius 1 is 0.920 bits per heavy atom. The second-order valence-electron chi connectivity index (χ2n) is 8.25. The van der Waals surface area contributed by atoms with E-state index in [9.17, 15) is 0 Å². The number of allylic oxidation sites excluding steroid dienone is 4. The van der Waals surface area contributed by atoms with Gasteiger partial charge in [-0.15, -0.1) is 0 Å². The van der Waals surface area contributed by atoms with Crippen molar-refractivity contribution in [2.45, 2.75) is 54.0 Å². The third kappa shape index (κ3) is 3.20. The van der Waals surface area contributed by atoms with Gasteiger partial charge in [-0.3, -0.25) is 4.99 Å². The zero-order chi connectivity index (χ0) is 18.4. The predicted octanol–water partition coefficient (Wildman–Crippen LogP) is 6.82. The van der Waals surface area contributed by atoms with E-state index in [2.05, 4.69) is 91.1 Å². The normalized spacial score (nSPS) is 18.9. The van der Waals surface area contributed by atoms with Gasteiger partial charge in [-0.05, 0) is 74.6 Å². The van der Waals surface area contributed by atoms with Crippen LogP contribution in [0.1, 0.15) is 59.6 Å². The van der Waals surface area contributed by atoms with Crippen molar-refractivity contribution >= 4 is 22.6 Å². The molecule has 1 heteroatoms. The molecule has 0 saturated heterocycles. The zero-order valence-electron chi connectivity index (χ0n) is 16.6. The maximum absolute atomic E-state index is 4.84. The van der Waals surface area contributed by atoms with Gasteiger partial charge in [0, 0.05) is 17.7 Å². The molecule has 0 spiro atoms. The molecule has 1 nitrogen and oxygen atoms in total. The number of nitrogens with zero attached hydrogens (tertiary/aromatic N) is 1. The summed E-state index contributed by atoms with van der Waals surface area (Å²) in [5.74, 6) is 0.461. The van der Waals surface area contributed by atoms with E-state index in [1.165, 1.54) is 44.2 Å². The van der Waals surface area contributed by atoms with Crippen LogP contribution >= 0.6 is 0 Å². The van der Waals surface area contributed by atoms with Crippen molar-refractivity contribution in [2.75, 3.05) is 0 Å². The highest BCUT2D eigenvalue weighted by Crippen LogP contribution is 2.44. The fourth-order valence-electron chi connectivity index (χ4n) is 3.73. The Morgan fingerprint density at radius 3 is 2.20 bits per heavy atom. The Hall–Kier alpha value is -2.15. The molecule has 0 heterocycles. The average molecular weight is 332 g/mol. The van der Waals surface area contributed by atoms with Crippen LogP contribution in [0.4, 0.5) is 0 Å². The third-order valence-corrected chi connectivity index (χ3v) is 5.48. The first kappa shape index (κ1) is 17.7. The Morgan fingerprint density at radius 2 is 1.60 bits per heavy atom. The van der Waals surface area contributed by atoms with E-state index in [4.69, 9.17) is 4.99 Å². The highest BCUT2D eigenvalue weighted by molar-refractivity contribution is 6.05. The van der Waals surface area contributed by atoms with Crippen molar-refractivity contribution in [2.24, 2.45) is 10.9 Å². The highest BCUT2D eigenvalue weighted by Gasteiger charge is 2.26. The van der Waals surface area contributed by atoms with Gasteiger partial charge in [0.1, 0.15) is 0 Å². The zero-order valence-corrected chi connectivity index (χ0v) is 16.6. The number of fused-ring (bicyclic) bond motifs is 1. The molecule has 1 atom stereocenters. The monoisotopic (exact) mass is 331 g/mol. The molecule has 0 fully saturated rings. The molecule has 25 heavy (non-hydrogen) atoms. The summed E-state index contributed by atoms with van der Waals surface area (Å²) >= 11 is 0. The Kier molecular flexibility index (Phi) is 4.45. The number of hydrogen-bond acceptors (Lipinski definition) is 1. The summed E-state index contributed by atoms with van der Waals surface area (Å²) in [6.07, 6.45) is 2.09. The van der Waals surface area contributed by atoms with Gasteiger partial charge < -0.3 is 0 Å². The molecule has 2 aromatic rings. The molecule has 0 amide bonds. The molecule has 0 aliphatic heterocycles. The van der Waals surface area contributed by atoms with Crippen molar-refractivity contribution < 1.29 is 0 Å². The minimum absolute atomic E-state index is 0.0803. The van der Waals surface area contributed by atoms with Crippen molar-refractivity contribution in [3.63, 3.8) is 0 Å². The first-order chi connectivity index (χ1) is 11.7. The standard InChI is InChI=1S/C24H29N/c1-15-16(2)18(4)23(17(15)3)21-13-12-19-10-8-9-11-20(19)22(21)14-25-24(5,6)7/h8-14,17H,1-7H3/b25-14+. The molecule has 0 aromatic heterocycles. The van der Waals surface area contributed by atoms with Gasteiger partial charge in [0.25, 0.3) is 0 Å². The molecule has 0 radical (unpaired) electrons. The van der Waals surface area contributed by atoms with E-state index in [0.29, 0.717) is 5.92 Å². The number of hydrogen-bond donors (Lipinski definition) is 0. The molecule has 0 bridgehead atoms. The lowest BCUT2D eigenvalue weighted by molar-refractivity contribution is 0.587. The van der Waals surface area contributed by atoms with Crippen molar-refractivity contribution in [3.05, 3.63) is 64.2 Å².